The zero-order valence-corrected chi connectivity index (χ0v) is 10.6. The fourth-order valence-corrected chi connectivity index (χ4v) is 1.90. The summed E-state index contributed by atoms with van der Waals surface area (Å²) in [6, 6.07) is 5.05. The molecule has 1 heterocycles. The first kappa shape index (κ1) is 12.9. The van der Waals surface area contributed by atoms with Crippen LogP contribution in [0.25, 0.3) is 0 Å². The van der Waals surface area contributed by atoms with E-state index in [1.165, 1.54) is 7.11 Å². The zero-order valence-electron chi connectivity index (χ0n) is 10.6. The van der Waals surface area contributed by atoms with E-state index in [-0.39, 0.29) is 12.2 Å². The van der Waals surface area contributed by atoms with Gasteiger partial charge < -0.3 is 14.8 Å². The van der Waals surface area contributed by atoms with Crippen LogP contribution < -0.4 is 16.0 Å². The lowest BCUT2D eigenvalue weighted by atomic mass is 10.0. The largest absolute Gasteiger partial charge is 0.504 e. The van der Waals surface area contributed by atoms with Gasteiger partial charge in [-0.05, 0) is 13.0 Å². The first-order valence-corrected chi connectivity index (χ1v) is 5.70. The third kappa shape index (κ3) is 2.52. The lowest BCUT2D eigenvalue weighted by Crippen LogP contribution is -2.27. The highest BCUT2D eigenvalue weighted by molar-refractivity contribution is 5.47. The van der Waals surface area contributed by atoms with Crippen LogP contribution in [0.4, 0.5) is 0 Å². The molecule has 3 N–H and O–H groups in total. The second-order valence-electron chi connectivity index (χ2n) is 4.16. The molecule has 0 amide bonds. The summed E-state index contributed by atoms with van der Waals surface area (Å²) >= 11 is 0. The molecule has 2 aromatic rings. The molecule has 0 saturated carbocycles. The van der Waals surface area contributed by atoms with E-state index < -0.39 is 11.2 Å². The van der Waals surface area contributed by atoms with Gasteiger partial charge >= 0.3 is 5.69 Å². The molecular weight excluding hydrogens is 248 g/mol. The van der Waals surface area contributed by atoms with Gasteiger partial charge in [-0.3, -0.25) is 9.78 Å². The molecule has 0 aliphatic carbocycles. The summed E-state index contributed by atoms with van der Waals surface area (Å²) in [6.07, 6.45) is 0.209. The molecule has 0 saturated heterocycles. The molecule has 0 fully saturated rings. The number of phenolic OH excluding ortho intramolecular Hbond substituents is 1. The van der Waals surface area contributed by atoms with Crippen LogP contribution >= 0.6 is 0 Å². The molecule has 6 nitrogen and oxygen atoms in total. The lowest BCUT2D eigenvalue weighted by Gasteiger charge is -2.09. The average Bonchev–Trinajstić information content (AvgIpc) is 2.35. The zero-order chi connectivity index (χ0) is 14.0. The van der Waals surface area contributed by atoms with Crippen molar-refractivity contribution in [3.05, 3.63) is 55.9 Å². The van der Waals surface area contributed by atoms with Crippen molar-refractivity contribution < 1.29 is 9.84 Å². The first-order valence-electron chi connectivity index (χ1n) is 5.70. The molecule has 0 aliphatic heterocycles. The van der Waals surface area contributed by atoms with E-state index in [1.807, 2.05) is 0 Å². The normalized spacial score (nSPS) is 10.4. The van der Waals surface area contributed by atoms with E-state index in [4.69, 9.17) is 4.74 Å². The summed E-state index contributed by atoms with van der Waals surface area (Å²) in [7, 11) is 1.46. The lowest BCUT2D eigenvalue weighted by molar-refractivity contribution is 0.371. The van der Waals surface area contributed by atoms with Crippen molar-refractivity contribution >= 4 is 0 Å². The Morgan fingerprint density at radius 1 is 1.26 bits per heavy atom. The van der Waals surface area contributed by atoms with Gasteiger partial charge in [0.15, 0.2) is 11.5 Å². The van der Waals surface area contributed by atoms with Gasteiger partial charge in [-0.2, -0.15) is 0 Å². The molecular formula is C13H14N2O4. The average molecular weight is 262 g/mol. The van der Waals surface area contributed by atoms with E-state index in [2.05, 4.69) is 9.97 Å². The molecule has 0 unspecified atom stereocenters. The number of methoxy groups -OCH3 is 1. The topological polar surface area (TPSA) is 95.2 Å². The summed E-state index contributed by atoms with van der Waals surface area (Å²) < 4.78 is 5.01. The van der Waals surface area contributed by atoms with Gasteiger partial charge in [0.25, 0.3) is 5.56 Å². The maximum atomic E-state index is 11.7. The number of ether oxygens (including phenoxy) is 1. The van der Waals surface area contributed by atoms with Crippen LogP contribution in [0.3, 0.4) is 0 Å². The van der Waals surface area contributed by atoms with Crippen molar-refractivity contribution in [2.24, 2.45) is 0 Å². The first-order chi connectivity index (χ1) is 9.02. The summed E-state index contributed by atoms with van der Waals surface area (Å²) in [5.41, 5.74) is 0.448. The summed E-state index contributed by atoms with van der Waals surface area (Å²) in [4.78, 5) is 27.5. The van der Waals surface area contributed by atoms with Crippen LogP contribution in [-0.2, 0) is 6.42 Å². The van der Waals surface area contributed by atoms with Gasteiger partial charge in [-0.25, -0.2) is 4.79 Å². The molecule has 0 atom stereocenters. The number of hydrogen-bond acceptors (Lipinski definition) is 4. The van der Waals surface area contributed by atoms with Crippen LogP contribution in [0.2, 0.25) is 0 Å². The van der Waals surface area contributed by atoms with Crippen LogP contribution in [0.15, 0.2) is 27.8 Å². The summed E-state index contributed by atoms with van der Waals surface area (Å²) in [5, 5.41) is 9.98. The Bertz CT molecular complexity index is 715. The van der Waals surface area contributed by atoms with E-state index >= 15 is 0 Å². The van der Waals surface area contributed by atoms with Gasteiger partial charge in [0.1, 0.15) is 0 Å². The molecule has 0 spiro atoms. The van der Waals surface area contributed by atoms with Gasteiger partial charge in [0, 0.05) is 23.2 Å². The number of benzene rings is 1. The van der Waals surface area contributed by atoms with E-state index in [0.717, 1.165) is 0 Å². The SMILES string of the molecule is COc1cccc(Cc2c(C)[nH]c(=O)[nH]c2=O)c1O. The second kappa shape index (κ2) is 5.01. The minimum absolute atomic E-state index is 0.00463. The van der Waals surface area contributed by atoms with Crippen molar-refractivity contribution in [3.8, 4) is 11.5 Å². The predicted molar refractivity (Wildman–Crippen MR) is 69.9 cm³/mol. The third-order valence-electron chi connectivity index (χ3n) is 2.92. The number of phenols is 1. The Labute approximate surface area is 108 Å². The van der Waals surface area contributed by atoms with Crippen molar-refractivity contribution in [1.29, 1.82) is 0 Å². The van der Waals surface area contributed by atoms with Gasteiger partial charge in [-0.15, -0.1) is 0 Å². The summed E-state index contributed by atoms with van der Waals surface area (Å²) in [6.45, 7) is 1.64. The number of aromatic nitrogens is 2. The van der Waals surface area contributed by atoms with Crippen LogP contribution in [-0.4, -0.2) is 22.2 Å². The third-order valence-corrected chi connectivity index (χ3v) is 2.92. The Hall–Kier alpha value is -2.50. The maximum Gasteiger partial charge on any atom is 0.325 e. The molecule has 19 heavy (non-hydrogen) atoms. The van der Waals surface area contributed by atoms with Gasteiger partial charge in [0.2, 0.25) is 0 Å². The molecule has 100 valence electrons. The standard InChI is InChI=1S/C13H14N2O4/c1-7-9(12(17)15-13(18)14-7)6-8-4-3-5-10(19-2)11(8)16/h3-5,16H,6H2,1-2H3,(H2,14,15,17,18). The Morgan fingerprint density at radius 3 is 2.63 bits per heavy atom. The van der Waals surface area contributed by atoms with Crippen LogP contribution in [0.5, 0.6) is 11.5 Å². The minimum atomic E-state index is -0.541. The van der Waals surface area contributed by atoms with E-state index in [9.17, 15) is 14.7 Å². The minimum Gasteiger partial charge on any atom is -0.504 e. The molecule has 0 bridgehead atoms. The summed E-state index contributed by atoms with van der Waals surface area (Å²) in [5.74, 6) is 0.339. The van der Waals surface area contributed by atoms with Crippen molar-refractivity contribution in [1.82, 2.24) is 9.97 Å². The quantitative estimate of drug-likeness (QED) is 0.757. The highest BCUT2D eigenvalue weighted by atomic mass is 16.5. The van der Waals surface area contributed by atoms with E-state index in [1.54, 1.807) is 25.1 Å². The van der Waals surface area contributed by atoms with Gasteiger partial charge in [-0.1, -0.05) is 12.1 Å². The monoisotopic (exact) mass is 262 g/mol. The molecule has 0 radical (unpaired) electrons. The van der Waals surface area contributed by atoms with Crippen molar-refractivity contribution in [2.75, 3.05) is 7.11 Å². The molecule has 1 aromatic heterocycles. The van der Waals surface area contributed by atoms with Crippen molar-refractivity contribution in [2.45, 2.75) is 13.3 Å². The smallest absolute Gasteiger partial charge is 0.325 e. The Kier molecular flexibility index (Phi) is 3.41. The maximum absolute atomic E-state index is 11.7. The molecule has 6 heteroatoms. The number of aryl methyl sites for hydroxylation is 1. The number of aromatic amines is 2. The van der Waals surface area contributed by atoms with Crippen LogP contribution in [0.1, 0.15) is 16.8 Å². The van der Waals surface area contributed by atoms with E-state index in [0.29, 0.717) is 22.6 Å². The fourth-order valence-electron chi connectivity index (χ4n) is 1.90. The predicted octanol–water partition coefficient (Wildman–Crippen LogP) is 0.677. The molecule has 1 aromatic carbocycles. The van der Waals surface area contributed by atoms with Crippen molar-refractivity contribution in [3.63, 3.8) is 0 Å². The number of rotatable bonds is 3. The number of hydrogen-bond donors (Lipinski definition) is 3. The number of nitrogens with one attached hydrogen (secondary N) is 2. The highest BCUT2D eigenvalue weighted by Gasteiger charge is 2.12. The Morgan fingerprint density at radius 2 is 2.00 bits per heavy atom. The van der Waals surface area contributed by atoms with Gasteiger partial charge in [0.05, 0.1) is 7.11 Å². The molecule has 0 aliphatic rings. The highest BCUT2D eigenvalue weighted by Crippen LogP contribution is 2.30. The van der Waals surface area contributed by atoms with Crippen LogP contribution in [0, 0.1) is 6.92 Å². The molecule has 2 rings (SSSR count). The Balaban J connectivity index is 2.48. The number of aromatic hydroxyl groups is 1. The number of H-pyrrole nitrogens is 2. The fraction of sp³-hybridized carbons (Fsp3) is 0.231. The second-order valence-corrected chi connectivity index (χ2v) is 4.16. The number of para-hydroxylation sites is 1.